The van der Waals surface area contributed by atoms with Crippen LogP contribution in [0.25, 0.3) is 21.7 Å². The first-order chi connectivity index (χ1) is 9.72. The van der Waals surface area contributed by atoms with Crippen LogP contribution in [0, 0.1) is 13.8 Å². The van der Waals surface area contributed by atoms with E-state index in [1.807, 2.05) is 11.3 Å². The van der Waals surface area contributed by atoms with Crippen LogP contribution < -0.4 is 0 Å². The lowest BCUT2D eigenvalue weighted by molar-refractivity contribution is 1.23. The van der Waals surface area contributed by atoms with Crippen molar-refractivity contribution in [2.24, 2.45) is 0 Å². The fourth-order valence-corrected chi connectivity index (χ4v) is 4.12. The van der Waals surface area contributed by atoms with Gasteiger partial charge in [0.25, 0.3) is 0 Å². The Kier molecular flexibility index (Phi) is 2.58. The number of thiophene rings is 1. The second-order valence-corrected chi connectivity index (χ2v) is 6.67. The van der Waals surface area contributed by atoms with E-state index in [1.165, 1.54) is 42.8 Å². The number of allylic oxidation sites excluding steroid dienone is 1. The summed E-state index contributed by atoms with van der Waals surface area (Å²) in [6.07, 6.45) is 3.47. The largest absolute Gasteiger partial charge is 0.136 e. The second-order valence-electron chi connectivity index (χ2n) is 5.59. The van der Waals surface area contributed by atoms with Crippen molar-refractivity contribution in [3.63, 3.8) is 0 Å². The first-order valence-corrected chi connectivity index (χ1v) is 7.82. The fraction of sp³-hybridized carbons (Fsp3) is 0.158. The standard InChI is InChI=1S/C19H16S/c1-12-7-8-13(2)17-10-15(9-16(12)17)19-11-14-5-3-4-6-18(14)20-19/h3-9,11H,10H2,1-2H3. The molecule has 0 spiro atoms. The number of hydrogen-bond donors (Lipinski definition) is 0. The first kappa shape index (κ1) is 11.9. The molecule has 1 aliphatic rings. The molecule has 4 rings (SSSR count). The highest BCUT2D eigenvalue weighted by molar-refractivity contribution is 7.20. The zero-order chi connectivity index (χ0) is 13.7. The molecule has 20 heavy (non-hydrogen) atoms. The van der Waals surface area contributed by atoms with Crippen molar-refractivity contribution >= 4 is 33.1 Å². The number of aryl methyl sites for hydroxylation is 2. The molecule has 0 saturated heterocycles. The summed E-state index contributed by atoms with van der Waals surface area (Å²) < 4.78 is 1.38. The van der Waals surface area contributed by atoms with Crippen molar-refractivity contribution in [1.82, 2.24) is 0 Å². The van der Waals surface area contributed by atoms with E-state index in [4.69, 9.17) is 0 Å². The number of rotatable bonds is 1. The van der Waals surface area contributed by atoms with Gasteiger partial charge in [-0.2, -0.15) is 0 Å². The molecule has 0 unspecified atom stereocenters. The average Bonchev–Trinajstić information content (AvgIpc) is 3.06. The summed E-state index contributed by atoms with van der Waals surface area (Å²) in [6.45, 7) is 4.43. The predicted octanol–water partition coefficient (Wildman–Crippen LogP) is 5.61. The van der Waals surface area contributed by atoms with E-state index in [-0.39, 0.29) is 0 Å². The van der Waals surface area contributed by atoms with Gasteiger partial charge in [0.05, 0.1) is 0 Å². The number of hydrogen-bond acceptors (Lipinski definition) is 1. The van der Waals surface area contributed by atoms with Gasteiger partial charge in [-0.25, -0.2) is 0 Å². The first-order valence-electron chi connectivity index (χ1n) is 7.01. The molecule has 0 N–H and O–H groups in total. The summed E-state index contributed by atoms with van der Waals surface area (Å²) in [7, 11) is 0. The van der Waals surface area contributed by atoms with E-state index in [0.717, 1.165) is 6.42 Å². The van der Waals surface area contributed by atoms with Crippen LogP contribution in [0.4, 0.5) is 0 Å². The number of benzene rings is 2. The lowest BCUT2D eigenvalue weighted by Gasteiger charge is -2.06. The maximum atomic E-state index is 2.39. The summed E-state index contributed by atoms with van der Waals surface area (Å²) in [5, 5.41) is 1.36. The van der Waals surface area contributed by atoms with E-state index in [0.29, 0.717) is 0 Å². The third kappa shape index (κ3) is 1.74. The predicted molar refractivity (Wildman–Crippen MR) is 89.3 cm³/mol. The van der Waals surface area contributed by atoms with Crippen molar-refractivity contribution in [2.45, 2.75) is 20.3 Å². The minimum absolute atomic E-state index is 1.08. The van der Waals surface area contributed by atoms with Crippen LogP contribution >= 0.6 is 11.3 Å². The summed E-state index contributed by atoms with van der Waals surface area (Å²) >= 11 is 1.91. The topological polar surface area (TPSA) is 0 Å². The van der Waals surface area contributed by atoms with E-state index in [2.05, 4.69) is 62.4 Å². The van der Waals surface area contributed by atoms with Crippen molar-refractivity contribution in [2.75, 3.05) is 0 Å². The molecule has 0 atom stereocenters. The third-order valence-corrected chi connectivity index (χ3v) is 5.43. The molecule has 1 aliphatic carbocycles. The van der Waals surface area contributed by atoms with Crippen molar-refractivity contribution < 1.29 is 0 Å². The molecular formula is C19H16S. The monoisotopic (exact) mass is 276 g/mol. The van der Waals surface area contributed by atoms with Crippen LogP contribution in [0.2, 0.25) is 0 Å². The van der Waals surface area contributed by atoms with Crippen LogP contribution in [0.3, 0.4) is 0 Å². The van der Waals surface area contributed by atoms with Gasteiger partial charge in [-0.1, -0.05) is 30.3 Å². The third-order valence-electron chi connectivity index (χ3n) is 4.24. The molecule has 1 heteroatoms. The van der Waals surface area contributed by atoms with Gasteiger partial charge in [0.2, 0.25) is 0 Å². The fourth-order valence-electron chi connectivity index (χ4n) is 3.04. The maximum Gasteiger partial charge on any atom is 0.0349 e. The minimum atomic E-state index is 1.08. The Hall–Kier alpha value is -1.86. The van der Waals surface area contributed by atoms with Gasteiger partial charge in [0.1, 0.15) is 0 Å². The lowest BCUT2D eigenvalue weighted by atomic mass is 9.99. The highest BCUT2D eigenvalue weighted by Gasteiger charge is 2.18. The van der Waals surface area contributed by atoms with E-state index >= 15 is 0 Å². The molecule has 0 bridgehead atoms. The van der Waals surface area contributed by atoms with Crippen LogP contribution in [0.15, 0.2) is 42.5 Å². The Morgan fingerprint density at radius 1 is 0.950 bits per heavy atom. The van der Waals surface area contributed by atoms with Gasteiger partial charge < -0.3 is 0 Å². The van der Waals surface area contributed by atoms with Crippen molar-refractivity contribution in [3.05, 3.63) is 69.6 Å². The van der Waals surface area contributed by atoms with E-state index < -0.39 is 0 Å². The van der Waals surface area contributed by atoms with Crippen LogP contribution in [-0.2, 0) is 6.42 Å². The van der Waals surface area contributed by atoms with Gasteiger partial charge >= 0.3 is 0 Å². The lowest BCUT2D eigenvalue weighted by Crippen LogP contribution is -1.90. The van der Waals surface area contributed by atoms with Crippen LogP contribution in [0.1, 0.15) is 27.1 Å². The molecule has 1 heterocycles. The average molecular weight is 276 g/mol. The Labute approximate surface area is 123 Å². The SMILES string of the molecule is Cc1ccc(C)c2c1C=C(c1cc3ccccc3s1)C2. The van der Waals surface area contributed by atoms with Crippen LogP contribution in [0.5, 0.6) is 0 Å². The minimum Gasteiger partial charge on any atom is -0.136 e. The molecule has 0 nitrogen and oxygen atoms in total. The van der Waals surface area contributed by atoms with Gasteiger partial charge in [0.15, 0.2) is 0 Å². The molecule has 0 fully saturated rings. The zero-order valence-corrected chi connectivity index (χ0v) is 12.6. The summed E-state index contributed by atoms with van der Waals surface area (Å²) in [5.41, 5.74) is 7.23. The Morgan fingerprint density at radius 3 is 2.55 bits per heavy atom. The molecular weight excluding hydrogens is 260 g/mol. The normalized spacial score (nSPS) is 13.6. The van der Waals surface area contributed by atoms with E-state index in [1.54, 1.807) is 0 Å². The van der Waals surface area contributed by atoms with E-state index in [9.17, 15) is 0 Å². The Morgan fingerprint density at radius 2 is 1.75 bits per heavy atom. The molecule has 0 aliphatic heterocycles. The Balaban J connectivity index is 1.84. The highest BCUT2D eigenvalue weighted by atomic mass is 32.1. The number of fused-ring (bicyclic) bond motifs is 2. The van der Waals surface area contributed by atoms with Gasteiger partial charge in [-0.3, -0.25) is 0 Å². The molecule has 98 valence electrons. The molecule has 0 amide bonds. The summed E-state index contributed by atoms with van der Waals surface area (Å²) in [5.74, 6) is 0. The summed E-state index contributed by atoms with van der Waals surface area (Å²) in [4.78, 5) is 1.42. The summed E-state index contributed by atoms with van der Waals surface area (Å²) in [6, 6.07) is 15.5. The molecule has 0 radical (unpaired) electrons. The second kappa shape index (κ2) is 4.32. The molecule has 3 aromatic rings. The van der Waals surface area contributed by atoms with Gasteiger partial charge in [0, 0.05) is 9.58 Å². The molecule has 2 aromatic carbocycles. The van der Waals surface area contributed by atoms with Crippen molar-refractivity contribution in [1.29, 1.82) is 0 Å². The smallest absolute Gasteiger partial charge is 0.0349 e. The maximum absolute atomic E-state index is 2.39. The quantitative estimate of drug-likeness (QED) is 0.541. The molecule has 1 aromatic heterocycles. The molecule has 0 saturated carbocycles. The zero-order valence-electron chi connectivity index (χ0n) is 11.7. The Bertz CT molecular complexity index is 816. The van der Waals surface area contributed by atoms with Gasteiger partial charge in [-0.15, -0.1) is 11.3 Å². The highest BCUT2D eigenvalue weighted by Crippen LogP contribution is 2.39. The van der Waals surface area contributed by atoms with Crippen LogP contribution in [-0.4, -0.2) is 0 Å². The van der Waals surface area contributed by atoms with Crippen molar-refractivity contribution in [3.8, 4) is 0 Å². The van der Waals surface area contributed by atoms with Gasteiger partial charge in [-0.05, 0) is 71.7 Å².